The number of carboxylic acids is 1. The van der Waals surface area contributed by atoms with Crippen LogP contribution in [0.3, 0.4) is 0 Å². The Morgan fingerprint density at radius 1 is 0.688 bits per heavy atom. The second kappa shape index (κ2) is 16.2. The maximum Gasteiger partial charge on any atom is 0.317 e. The van der Waals surface area contributed by atoms with Crippen molar-refractivity contribution < 1.29 is 89.1 Å². The molecule has 0 radical (unpaired) electrons. The van der Waals surface area contributed by atoms with E-state index in [0.717, 1.165) is 0 Å². The Morgan fingerprint density at radius 2 is 1.29 bits per heavy atom. The molecule has 0 aromatic carbocycles. The van der Waals surface area contributed by atoms with Crippen LogP contribution in [-0.4, -0.2) is 174 Å². The van der Waals surface area contributed by atoms with Gasteiger partial charge in [0.25, 0.3) is 0 Å². The average Bonchev–Trinajstić information content (AvgIpc) is 3.04. The van der Waals surface area contributed by atoms with Gasteiger partial charge in [-0.05, 0) is 38.0 Å². The van der Waals surface area contributed by atoms with Gasteiger partial charge in [-0.2, -0.15) is 0 Å². The van der Waals surface area contributed by atoms with Crippen molar-refractivity contribution in [2.75, 3.05) is 13.2 Å². The van der Waals surface area contributed by atoms with Gasteiger partial charge < -0.3 is 79.5 Å². The molecule has 3 heterocycles. The van der Waals surface area contributed by atoms with Crippen molar-refractivity contribution in [1.82, 2.24) is 0 Å². The minimum Gasteiger partial charge on any atom is -0.481 e. The Kier molecular flexibility index (Phi) is 12.7. The fraction of sp³-hybridized carbons (Fsp3) is 0.933. The molecule has 2 saturated carbocycles. The lowest BCUT2D eigenvalue weighted by Crippen LogP contribution is -2.62. The second-order valence-electron chi connectivity index (χ2n) is 13.5. The smallest absolute Gasteiger partial charge is 0.317 e. The molecule has 0 aromatic heterocycles. The number of rotatable bonds is 10. The molecular formula is C30H48O18. The van der Waals surface area contributed by atoms with Crippen LogP contribution in [0.5, 0.6) is 0 Å². The van der Waals surface area contributed by atoms with Crippen molar-refractivity contribution >= 4 is 11.9 Å². The van der Waals surface area contributed by atoms with Gasteiger partial charge in [0.15, 0.2) is 12.6 Å². The summed E-state index contributed by atoms with van der Waals surface area (Å²) in [6.45, 7) is -1.25. The highest BCUT2D eigenvalue weighted by molar-refractivity contribution is 5.90. The summed E-state index contributed by atoms with van der Waals surface area (Å²) in [5.41, 5.74) is 0. The first-order chi connectivity index (χ1) is 22.8. The standard InChI is InChI=1S/C30H48O18/c31-9-18-22(37)24(39)26(41)29(47-18)44-13-5-15(33)14-7-17(28(45-16(14)6-13)11-1-3-12(32)4-2-11)46-30-27(42)25(40)23(38)19(48-30)10-43-21(36)8-20(34)35/h11-19,22-33,37-42H,1-10H2,(H,34,35)/t11?,12?,13?,14?,15?,16?,17?,18-,19-,22-,23-,24+,25+,26-,27-,28?,29-,30-/m1/s1. The monoisotopic (exact) mass is 696 g/mol. The molecule has 2 aliphatic carbocycles. The highest BCUT2D eigenvalue weighted by Gasteiger charge is 2.53. The van der Waals surface area contributed by atoms with Crippen molar-refractivity contribution in [2.24, 2.45) is 11.8 Å². The van der Waals surface area contributed by atoms with E-state index in [-0.39, 0.29) is 25.2 Å². The lowest BCUT2D eigenvalue weighted by atomic mass is 9.73. The maximum atomic E-state index is 11.8. The van der Waals surface area contributed by atoms with Crippen molar-refractivity contribution in [3.63, 3.8) is 0 Å². The quantitative estimate of drug-likeness (QED) is 0.0766. The van der Waals surface area contributed by atoms with Crippen LogP contribution >= 0.6 is 0 Å². The number of hydrogen-bond donors (Lipinski definition) is 10. The van der Waals surface area contributed by atoms with Crippen LogP contribution < -0.4 is 0 Å². The second-order valence-corrected chi connectivity index (χ2v) is 13.5. The molecule has 6 unspecified atom stereocenters. The zero-order valence-corrected chi connectivity index (χ0v) is 26.2. The summed E-state index contributed by atoms with van der Waals surface area (Å²) >= 11 is 0. The number of fused-ring (bicyclic) bond motifs is 1. The van der Waals surface area contributed by atoms with Gasteiger partial charge in [-0.15, -0.1) is 0 Å². The number of aliphatic carboxylic acids is 1. The molecule has 18 heteroatoms. The molecule has 3 aliphatic heterocycles. The number of hydrogen-bond acceptors (Lipinski definition) is 17. The third-order valence-electron chi connectivity index (χ3n) is 10.2. The Labute approximate surface area is 275 Å². The van der Waals surface area contributed by atoms with E-state index in [4.69, 9.17) is 33.5 Å². The number of aliphatic hydroxyl groups is 9. The molecule has 48 heavy (non-hydrogen) atoms. The Morgan fingerprint density at radius 3 is 1.92 bits per heavy atom. The topological polar surface area (TPSA) is 292 Å². The first-order valence-corrected chi connectivity index (χ1v) is 16.5. The molecule has 5 aliphatic rings. The molecule has 0 aromatic rings. The number of carbonyl (C=O) groups excluding carboxylic acids is 1. The van der Waals surface area contributed by atoms with E-state index < -0.39 is 136 Å². The van der Waals surface area contributed by atoms with Gasteiger partial charge in [-0.25, -0.2) is 0 Å². The summed E-state index contributed by atoms with van der Waals surface area (Å²) in [5, 5.41) is 102. The van der Waals surface area contributed by atoms with Crippen molar-refractivity contribution in [2.45, 2.75) is 149 Å². The summed E-state index contributed by atoms with van der Waals surface area (Å²) in [6.07, 6.45) is -17.9. The Bertz CT molecular complexity index is 1070. The summed E-state index contributed by atoms with van der Waals surface area (Å²) in [7, 11) is 0. The van der Waals surface area contributed by atoms with E-state index >= 15 is 0 Å². The molecule has 276 valence electrons. The predicted molar refractivity (Wildman–Crippen MR) is 153 cm³/mol. The lowest BCUT2D eigenvalue weighted by molar-refractivity contribution is -0.338. The van der Waals surface area contributed by atoms with Crippen LogP contribution in [0.15, 0.2) is 0 Å². The van der Waals surface area contributed by atoms with Gasteiger partial charge >= 0.3 is 11.9 Å². The van der Waals surface area contributed by atoms with Gasteiger partial charge in [0.05, 0.1) is 43.2 Å². The fourth-order valence-corrected chi connectivity index (χ4v) is 7.53. The fourth-order valence-electron chi connectivity index (χ4n) is 7.53. The lowest BCUT2D eigenvalue weighted by Gasteiger charge is -2.51. The third-order valence-corrected chi connectivity index (χ3v) is 10.2. The average molecular weight is 697 g/mol. The molecular weight excluding hydrogens is 648 g/mol. The van der Waals surface area contributed by atoms with Crippen LogP contribution in [0.2, 0.25) is 0 Å². The van der Waals surface area contributed by atoms with E-state index in [2.05, 4.69) is 0 Å². The molecule has 18 nitrogen and oxygen atoms in total. The van der Waals surface area contributed by atoms with Crippen LogP contribution in [0, 0.1) is 11.8 Å². The van der Waals surface area contributed by atoms with Crippen LogP contribution in [0.1, 0.15) is 51.4 Å². The van der Waals surface area contributed by atoms with E-state index in [1.807, 2.05) is 0 Å². The molecule has 0 spiro atoms. The van der Waals surface area contributed by atoms with Gasteiger partial charge in [-0.3, -0.25) is 9.59 Å². The predicted octanol–water partition coefficient (Wildman–Crippen LogP) is -4.14. The van der Waals surface area contributed by atoms with E-state index in [1.165, 1.54) is 0 Å². The minimum atomic E-state index is -1.77. The summed E-state index contributed by atoms with van der Waals surface area (Å²) in [5.74, 6) is -3.13. The number of aliphatic hydroxyl groups excluding tert-OH is 9. The molecule has 5 rings (SSSR count). The van der Waals surface area contributed by atoms with E-state index in [0.29, 0.717) is 25.7 Å². The molecule has 0 bridgehead atoms. The van der Waals surface area contributed by atoms with Crippen molar-refractivity contribution in [1.29, 1.82) is 0 Å². The molecule has 10 N–H and O–H groups in total. The molecule has 3 saturated heterocycles. The normalized spacial score (nSPS) is 48.4. The molecule has 5 fully saturated rings. The molecule has 0 amide bonds. The number of esters is 1. The van der Waals surface area contributed by atoms with Gasteiger partial charge in [0.1, 0.15) is 61.9 Å². The first-order valence-electron chi connectivity index (χ1n) is 16.5. The van der Waals surface area contributed by atoms with Gasteiger partial charge in [0.2, 0.25) is 0 Å². The minimum absolute atomic E-state index is 0.0732. The highest BCUT2D eigenvalue weighted by atomic mass is 16.7. The number of carboxylic acid groups (broad SMARTS) is 1. The SMILES string of the molecule is O=C(O)CC(=O)OC[C@H]1O[C@@H](OC2CC3C(O)CC(O[C@@H]4O[C@H](CO)[C@@H](O)[C@H](O)[C@H]4O)CC3OC2C2CCC(O)CC2)[C@H](O)[C@@H](O)[C@@H]1O. The Balaban J connectivity index is 1.28. The third kappa shape index (κ3) is 8.46. The van der Waals surface area contributed by atoms with Gasteiger partial charge in [0, 0.05) is 18.8 Å². The zero-order chi connectivity index (χ0) is 34.9. The van der Waals surface area contributed by atoms with Crippen molar-refractivity contribution in [3.05, 3.63) is 0 Å². The Hall–Kier alpha value is -1.62. The summed E-state index contributed by atoms with van der Waals surface area (Å²) < 4.78 is 34.8. The number of carbonyl (C=O) groups is 2. The molecule has 16 atom stereocenters. The van der Waals surface area contributed by atoms with E-state index in [9.17, 15) is 55.5 Å². The maximum absolute atomic E-state index is 11.8. The summed E-state index contributed by atoms with van der Waals surface area (Å²) in [6, 6.07) is 0. The van der Waals surface area contributed by atoms with Gasteiger partial charge in [-0.1, -0.05) is 0 Å². The zero-order valence-electron chi connectivity index (χ0n) is 26.2. The van der Waals surface area contributed by atoms with Crippen LogP contribution in [-0.2, 0) is 38.0 Å². The highest BCUT2D eigenvalue weighted by Crippen LogP contribution is 2.44. The van der Waals surface area contributed by atoms with Crippen molar-refractivity contribution in [3.8, 4) is 0 Å². The largest absolute Gasteiger partial charge is 0.481 e. The number of ether oxygens (including phenoxy) is 6. The van der Waals surface area contributed by atoms with E-state index in [1.54, 1.807) is 0 Å². The van der Waals surface area contributed by atoms with Crippen LogP contribution in [0.4, 0.5) is 0 Å². The summed E-state index contributed by atoms with van der Waals surface area (Å²) in [4.78, 5) is 22.6. The van der Waals surface area contributed by atoms with Crippen LogP contribution in [0.25, 0.3) is 0 Å². The first kappa shape index (κ1) is 37.6.